The zero-order chi connectivity index (χ0) is 12.1. The summed E-state index contributed by atoms with van der Waals surface area (Å²) in [6.07, 6.45) is 8.43. The quantitative estimate of drug-likeness (QED) is 0.813. The van der Waals surface area contributed by atoms with E-state index in [-0.39, 0.29) is 0 Å². The van der Waals surface area contributed by atoms with Gasteiger partial charge in [-0.3, -0.25) is 4.90 Å². The molecule has 0 aromatic rings. The second-order valence-corrected chi connectivity index (χ2v) is 5.57. The van der Waals surface area contributed by atoms with Gasteiger partial charge in [-0.1, -0.05) is 6.92 Å². The number of ether oxygens (including phenoxy) is 1. The van der Waals surface area contributed by atoms with E-state index in [9.17, 15) is 0 Å². The van der Waals surface area contributed by atoms with Crippen LogP contribution in [0.5, 0.6) is 0 Å². The molecule has 0 spiro atoms. The molecule has 1 aliphatic heterocycles. The minimum absolute atomic E-state index is 0.508. The van der Waals surface area contributed by atoms with Crippen molar-refractivity contribution in [2.45, 2.75) is 63.6 Å². The zero-order valence-electron chi connectivity index (χ0n) is 11.5. The van der Waals surface area contributed by atoms with Crippen LogP contribution in [0.1, 0.15) is 45.4 Å². The highest BCUT2D eigenvalue weighted by Gasteiger charge is 2.29. The number of likely N-dealkylation sites (tertiary alicyclic amines) is 1. The summed E-state index contributed by atoms with van der Waals surface area (Å²) in [5, 5.41) is 3.61. The van der Waals surface area contributed by atoms with E-state index in [2.05, 4.69) is 17.1 Å². The van der Waals surface area contributed by atoms with E-state index in [4.69, 9.17) is 4.74 Å². The SMILES string of the molecule is CCNC1CCCN(C2CCCC(OC)C2)C1. The van der Waals surface area contributed by atoms with Crippen LogP contribution in [0.15, 0.2) is 0 Å². The Kier molecular flexibility index (Phi) is 5.26. The molecular formula is C14H28N2O. The Morgan fingerprint density at radius 3 is 2.88 bits per heavy atom. The Hall–Kier alpha value is -0.120. The first kappa shape index (κ1) is 13.3. The Morgan fingerprint density at radius 2 is 2.12 bits per heavy atom. The van der Waals surface area contributed by atoms with E-state index in [0.29, 0.717) is 6.10 Å². The van der Waals surface area contributed by atoms with Crippen LogP contribution in [-0.2, 0) is 4.74 Å². The summed E-state index contributed by atoms with van der Waals surface area (Å²) < 4.78 is 5.54. The van der Waals surface area contributed by atoms with E-state index in [0.717, 1.165) is 18.6 Å². The van der Waals surface area contributed by atoms with Crippen molar-refractivity contribution < 1.29 is 4.74 Å². The smallest absolute Gasteiger partial charge is 0.0586 e. The summed E-state index contributed by atoms with van der Waals surface area (Å²) in [6, 6.07) is 1.49. The van der Waals surface area contributed by atoms with Crippen LogP contribution in [0.4, 0.5) is 0 Å². The molecule has 0 bridgehead atoms. The summed E-state index contributed by atoms with van der Waals surface area (Å²) in [5.41, 5.74) is 0. The summed E-state index contributed by atoms with van der Waals surface area (Å²) in [5.74, 6) is 0. The fourth-order valence-electron chi connectivity index (χ4n) is 3.46. The Morgan fingerprint density at radius 1 is 1.24 bits per heavy atom. The van der Waals surface area contributed by atoms with Crippen molar-refractivity contribution in [3.05, 3.63) is 0 Å². The first-order valence-corrected chi connectivity index (χ1v) is 7.33. The van der Waals surface area contributed by atoms with Crippen molar-refractivity contribution in [1.29, 1.82) is 0 Å². The third kappa shape index (κ3) is 3.67. The monoisotopic (exact) mass is 240 g/mol. The number of likely N-dealkylation sites (N-methyl/N-ethyl adjacent to an activating group) is 1. The van der Waals surface area contributed by atoms with Crippen molar-refractivity contribution in [3.8, 4) is 0 Å². The molecule has 1 saturated carbocycles. The van der Waals surface area contributed by atoms with E-state index >= 15 is 0 Å². The summed E-state index contributed by atoms with van der Waals surface area (Å²) in [6.45, 7) is 5.85. The van der Waals surface area contributed by atoms with Gasteiger partial charge in [-0.15, -0.1) is 0 Å². The maximum atomic E-state index is 5.54. The van der Waals surface area contributed by atoms with Crippen LogP contribution in [-0.4, -0.2) is 49.8 Å². The van der Waals surface area contributed by atoms with Gasteiger partial charge in [0.2, 0.25) is 0 Å². The second-order valence-electron chi connectivity index (χ2n) is 5.57. The molecule has 3 unspecified atom stereocenters. The lowest BCUT2D eigenvalue weighted by Gasteiger charge is -2.41. The molecule has 3 nitrogen and oxygen atoms in total. The number of hydrogen-bond acceptors (Lipinski definition) is 3. The van der Waals surface area contributed by atoms with Crippen molar-refractivity contribution in [2.75, 3.05) is 26.7 Å². The normalized spacial score (nSPS) is 36.0. The van der Waals surface area contributed by atoms with Crippen LogP contribution >= 0.6 is 0 Å². The fraction of sp³-hybridized carbons (Fsp3) is 1.00. The molecule has 1 N–H and O–H groups in total. The largest absolute Gasteiger partial charge is 0.381 e. The first-order chi connectivity index (χ1) is 8.33. The van der Waals surface area contributed by atoms with Crippen LogP contribution in [0.2, 0.25) is 0 Å². The van der Waals surface area contributed by atoms with Crippen LogP contribution in [0.25, 0.3) is 0 Å². The van der Waals surface area contributed by atoms with E-state index in [1.807, 2.05) is 7.11 Å². The minimum Gasteiger partial charge on any atom is -0.381 e. The number of nitrogens with one attached hydrogen (secondary N) is 1. The van der Waals surface area contributed by atoms with Gasteiger partial charge in [0.25, 0.3) is 0 Å². The number of methoxy groups -OCH3 is 1. The molecule has 2 aliphatic rings. The standard InChI is InChI=1S/C14H28N2O/c1-3-15-12-6-5-9-16(11-12)13-7-4-8-14(10-13)17-2/h12-15H,3-11H2,1-2H3. The molecule has 0 aromatic carbocycles. The highest BCUT2D eigenvalue weighted by atomic mass is 16.5. The lowest BCUT2D eigenvalue weighted by Crippen LogP contribution is -2.51. The third-order valence-corrected chi connectivity index (χ3v) is 4.39. The zero-order valence-corrected chi connectivity index (χ0v) is 11.5. The van der Waals surface area contributed by atoms with Gasteiger partial charge in [0, 0.05) is 25.7 Å². The van der Waals surface area contributed by atoms with Gasteiger partial charge in [0.05, 0.1) is 6.10 Å². The highest BCUT2D eigenvalue weighted by Crippen LogP contribution is 2.27. The van der Waals surface area contributed by atoms with Crippen molar-refractivity contribution in [3.63, 3.8) is 0 Å². The molecule has 3 heteroatoms. The molecule has 0 amide bonds. The van der Waals surface area contributed by atoms with Crippen LogP contribution in [0.3, 0.4) is 0 Å². The Balaban J connectivity index is 1.83. The molecule has 0 aromatic heterocycles. The molecule has 2 fully saturated rings. The van der Waals surface area contributed by atoms with Crippen LogP contribution in [0, 0.1) is 0 Å². The molecule has 2 rings (SSSR count). The number of piperidine rings is 1. The number of rotatable bonds is 4. The molecule has 3 atom stereocenters. The molecule has 100 valence electrons. The summed E-state index contributed by atoms with van der Waals surface area (Å²) >= 11 is 0. The predicted molar refractivity (Wildman–Crippen MR) is 71.3 cm³/mol. The number of hydrogen-bond donors (Lipinski definition) is 1. The molecule has 0 radical (unpaired) electrons. The predicted octanol–water partition coefficient (Wildman–Crippen LogP) is 2.02. The topological polar surface area (TPSA) is 24.5 Å². The van der Waals surface area contributed by atoms with Gasteiger partial charge in [0.15, 0.2) is 0 Å². The number of nitrogens with zero attached hydrogens (tertiary/aromatic N) is 1. The average Bonchev–Trinajstić information content (AvgIpc) is 2.40. The molecule has 1 aliphatic carbocycles. The molecule has 1 saturated heterocycles. The highest BCUT2D eigenvalue weighted by molar-refractivity contribution is 4.86. The van der Waals surface area contributed by atoms with Gasteiger partial charge < -0.3 is 10.1 Å². The van der Waals surface area contributed by atoms with Gasteiger partial charge in [-0.25, -0.2) is 0 Å². The average molecular weight is 240 g/mol. The maximum Gasteiger partial charge on any atom is 0.0586 e. The Bertz CT molecular complexity index is 220. The van der Waals surface area contributed by atoms with Crippen molar-refractivity contribution in [2.24, 2.45) is 0 Å². The van der Waals surface area contributed by atoms with Gasteiger partial charge in [-0.05, 0) is 51.6 Å². The Labute approximate surface area is 106 Å². The lowest BCUT2D eigenvalue weighted by atomic mass is 9.90. The first-order valence-electron chi connectivity index (χ1n) is 7.33. The van der Waals surface area contributed by atoms with E-state index in [1.165, 1.54) is 51.6 Å². The minimum atomic E-state index is 0.508. The third-order valence-electron chi connectivity index (χ3n) is 4.39. The van der Waals surface area contributed by atoms with Crippen molar-refractivity contribution in [1.82, 2.24) is 10.2 Å². The molecule has 1 heterocycles. The summed E-state index contributed by atoms with van der Waals surface area (Å²) in [4.78, 5) is 2.71. The summed E-state index contributed by atoms with van der Waals surface area (Å²) in [7, 11) is 1.87. The fourth-order valence-corrected chi connectivity index (χ4v) is 3.46. The van der Waals surface area contributed by atoms with Crippen LogP contribution < -0.4 is 5.32 Å². The lowest BCUT2D eigenvalue weighted by molar-refractivity contribution is 0.0185. The van der Waals surface area contributed by atoms with Crippen molar-refractivity contribution >= 4 is 0 Å². The van der Waals surface area contributed by atoms with E-state index < -0.39 is 0 Å². The van der Waals surface area contributed by atoms with E-state index in [1.54, 1.807) is 0 Å². The van der Waals surface area contributed by atoms with Gasteiger partial charge in [-0.2, -0.15) is 0 Å². The van der Waals surface area contributed by atoms with Gasteiger partial charge in [0.1, 0.15) is 0 Å². The second kappa shape index (κ2) is 6.72. The molecule has 17 heavy (non-hydrogen) atoms. The van der Waals surface area contributed by atoms with Gasteiger partial charge >= 0.3 is 0 Å². The maximum absolute atomic E-state index is 5.54. The molecular weight excluding hydrogens is 212 g/mol.